The molecule has 0 aromatic heterocycles. The zero-order valence-electron chi connectivity index (χ0n) is 48.3. The molecule has 0 heterocycles. The molecule has 0 aliphatic carbocycles. The third kappa shape index (κ3) is 59.0. The molecule has 422 valence electrons. The molecular formula is C68H114O6. The average Bonchev–Trinajstić information content (AvgIpc) is 3.40. The Morgan fingerprint density at radius 1 is 0.284 bits per heavy atom. The third-order valence-corrected chi connectivity index (χ3v) is 13.0. The highest BCUT2D eigenvalue weighted by molar-refractivity contribution is 5.71. The van der Waals surface area contributed by atoms with Crippen LogP contribution in [0.3, 0.4) is 0 Å². The second kappa shape index (κ2) is 61.6. The fraction of sp³-hybridized carbons (Fsp3) is 0.691. The average molecular weight is 1030 g/mol. The minimum Gasteiger partial charge on any atom is -0.462 e. The van der Waals surface area contributed by atoms with Gasteiger partial charge in [-0.05, 0) is 122 Å². The van der Waals surface area contributed by atoms with Crippen LogP contribution in [0.15, 0.2) is 109 Å². The van der Waals surface area contributed by atoms with Crippen molar-refractivity contribution < 1.29 is 28.6 Å². The molecule has 0 rings (SSSR count). The summed E-state index contributed by atoms with van der Waals surface area (Å²) >= 11 is 0. The van der Waals surface area contributed by atoms with Crippen molar-refractivity contribution in [2.24, 2.45) is 0 Å². The summed E-state index contributed by atoms with van der Waals surface area (Å²) in [7, 11) is 0. The van der Waals surface area contributed by atoms with E-state index in [1.54, 1.807) is 0 Å². The van der Waals surface area contributed by atoms with Crippen LogP contribution in [0.5, 0.6) is 0 Å². The summed E-state index contributed by atoms with van der Waals surface area (Å²) < 4.78 is 16.9. The second-order valence-corrected chi connectivity index (χ2v) is 20.2. The van der Waals surface area contributed by atoms with Crippen molar-refractivity contribution >= 4 is 17.9 Å². The van der Waals surface area contributed by atoms with Gasteiger partial charge in [-0.25, -0.2) is 0 Å². The molecule has 0 amide bonds. The van der Waals surface area contributed by atoms with Gasteiger partial charge >= 0.3 is 17.9 Å². The molecule has 0 N–H and O–H groups in total. The number of esters is 3. The molecule has 6 heteroatoms. The smallest absolute Gasteiger partial charge is 0.306 e. The minimum atomic E-state index is -0.796. The van der Waals surface area contributed by atoms with Gasteiger partial charge in [-0.3, -0.25) is 14.4 Å². The molecule has 1 unspecified atom stereocenters. The summed E-state index contributed by atoms with van der Waals surface area (Å²) in [5.74, 6) is -0.920. The maximum absolute atomic E-state index is 12.9. The van der Waals surface area contributed by atoms with E-state index in [2.05, 4.69) is 130 Å². The molecule has 6 nitrogen and oxygen atoms in total. The SMILES string of the molecule is CC/C=C\C/C=C\C/C=C\C/C=C\CCCCCCCCCCCCCCCCC(=O)OCC(COC(=O)CCCCCCC/C=C\CCCCC)OC(=O)CCCCCC/C=C\C/C=C\C/C=C\C/C=C\CC. The number of allylic oxidation sites excluding steroid dienone is 18. The number of hydrogen-bond acceptors (Lipinski definition) is 6. The summed E-state index contributed by atoms with van der Waals surface area (Å²) in [6, 6.07) is 0. The molecule has 0 fully saturated rings. The lowest BCUT2D eigenvalue weighted by atomic mass is 10.0. The minimum absolute atomic E-state index is 0.0908. The van der Waals surface area contributed by atoms with Crippen molar-refractivity contribution in [3.05, 3.63) is 109 Å². The molecule has 0 spiro atoms. The highest BCUT2D eigenvalue weighted by Gasteiger charge is 2.19. The van der Waals surface area contributed by atoms with E-state index in [-0.39, 0.29) is 31.1 Å². The van der Waals surface area contributed by atoms with E-state index in [9.17, 15) is 14.4 Å². The summed E-state index contributed by atoms with van der Waals surface area (Å²) in [6.07, 6.45) is 83.8. The van der Waals surface area contributed by atoms with Gasteiger partial charge in [0, 0.05) is 19.3 Å². The lowest BCUT2D eigenvalue weighted by Gasteiger charge is -2.18. The van der Waals surface area contributed by atoms with Crippen LogP contribution in [0, 0.1) is 0 Å². The molecular weight excluding hydrogens is 913 g/mol. The van der Waals surface area contributed by atoms with E-state index in [0.717, 1.165) is 128 Å². The Morgan fingerprint density at radius 3 is 0.838 bits per heavy atom. The first-order chi connectivity index (χ1) is 36.5. The first-order valence-corrected chi connectivity index (χ1v) is 30.9. The van der Waals surface area contributed by atoms with Crippen LogP contribution >= 0.6 is 0 Å². The fourth-order valence-electron chi connectivity index (χ4n) is 8.42. The number of ether oxygens (including phenoxy) is 3. The van der Waals surface area contributed by atoms with Gasteiger partial charge in [0.25, 0.3) is 0 Å². The highest BCUT2D eigenvalue weighted by atomic mass is 16.6. The Hall–Kier alpha value is -3.93. The third-order valence-electron chi connectivity index (χ3n) is 13.0. The van der Waals surface area contributed by atoms with Gasteiger partial charge in [-0.15, -0.1) is 0 Å². The van der Waals surface area contributed by atoms with Crippen LogP contribution in [-0.2, 0) is 28.6 Å². The van der Waals surface area contributed by atoms with Crippen molar-refractivity contribution in [2.45, 2.75) is 290 Å². The Bertz CT molecular complexity index is 1510. The normalized spacial score (nSPS) is 12.9. The topological polar surface area (TPSA) is 78.9 Å². The number of rotatable bonds is 55. The highest BCUT2D eigenvalue weighted by Crippen LogP contribution is 2.16. The number of unbranched alkanes of at least 4 members (excludes halogenated alkanes) is 26. The Labute approximate surface area is 457 Å². The first kappa shape index (κ1) is 70.1. The zero-order chi connectivity index (χ0) is 53.6. The summed E-state index contributed by atoms with van der Waals surface area (Å²) in [4.78, 5) is 38.2. The molecule has 0 saturated carbocycles. The largest absolute Gasteiger partial charge is 0.462 e. The standard InChI is InChI=1S/C68H114O6/c1-4-7-10-13-16-19-22-25-27-29-30-31-32-33-34-35-36-37-38-40-41-43-46-49-52-55-58-61-67(70)73-64-65(63-72-66(69)60-57-54-51-48-45-24-21-18-15-12-9-6-3)74-68(71)62-59-56-53-50-47-44-42-39-28-26-23-20-17-14-11-8-5-2/h7-8,10-11,16-21,25-28,30-31,42,44,65H,4-6,9,12-15,22-24,29,32-41,43,45-64H2,1-3H3/b10-7-,11-8-,19-16-,20-17-,21-18-,27-25-,28-26-,31-30-,44-42-. The summed E-state index contributed by atoms with van der Waals surface area (Å²) in [5, 5.41) is 0. The van der Waals surface area contributed by atoms with Crippen LogP contribution in [-0.4, -0.2) is 37.2 Å². The van der Waals surface area contributed by atoms with Crippen LogP contribution in [0.1, 0.15) is 284 Å². The maximum Gasteiger partial charge on any atom is 0.306 e. The Morgan fingerprint density at radius 2 is 0.527 bits per heavy atom. The van der Waals surface area contributed by atoms with Crippen molar-refractivity contribution in [2.75, 3.05) is 13.2 Å². The van der Waals surface area contributed by atoms with Gasteiger partial charge in [0.15, 0.2) is 6.10 Å². The van der Waals surface area contributed by atoms with Crippen LogP contribution in [0.2, 0.25) is 0 Å². The zero-order valence-corrected chi connectivity index (χ0v) is 48.3. The van der Waals surface area contributed by atoms with Gasteiger partial charge in [-0.1, -0.05) is 252 Å². The van der Waals surface area contributed by atoms with E-state index >= 15 is 0 Å². The van der Waals surface area contributed by atoms with E-state index in [0.29, 0.717) is 19.3 Å². The quantitative estimate of drug-likeness (QED) is 0.0261. The molecule has 0 aromatic rings. The Kier molecular flexibility index (Phi) is 58.3. The maximum atomic E-state index is 12.9. The van der Waals surface area contributed by atoms with E-state index in [1.807, 2.05) is 0 Å². The first-order valence-electron chi connectivity index (χ1n) is 30.9. The Balaban J connectivity index is 4.29. The molecule has 74 heavy (non-hydrogen) atoms. The van der Waals surface area contributed by atoms with Crippen molar-refractivity contribution in [1.82, 2.24) is 0 Å². The van der Waals surface area contributed by atoms with Crippen molar-refractivity contribution in [1.29, 1.82) is 0 Å². The van der Waals surface area contributed by atoms with Crippen molar-refractivity contribution in [3.8, 4) is 0 Å². The van der Waals surface area contributed by atoms with Crippen LogP contribution in [0.25, 0.3) is 0 Å². The van der Waals surface area contributed by atoms with Crippen molar-refractivity contribution in [3.63, 3.8) is 0 Å². The summed E-state index contributed by atoms with van der Waals surface area (Å²) in [6.45, 7) is 6.37. The number of hydrogen-bond donors (Lipinski definition) is 0. The molecule has 1 atom stereocenters. The van der Waals surface area contributed by atoms with E-state index in [1.165, 1.54) is 116 Å². The monoisotopic (exact) mass is 1030 g/mol. The van der Waals surface area contributed by atoms with E-state index in [4.69, 9.17) is 14.2 Å². The van der Waals surface area contributed by atoms with Gasteiger partial charge in [0.05, 0.1) is 0 Å². The summed E-state index contributed by atoms with van der Waals surface area (Å²) in [5.41, 5.74) is 0. The van der Waals surface area contributed by atoms with Crippen LogP contribution < -0.4 is 0 Å². The lowest BCUT2D eigenvalue weighted by Crippen LogP contribution is -2.30. The predicted molar refractivity (Wildman–Crippen MR) is 320 cm³/mol. The number of carbonyl (C=O) groups is 3. The molecule has 0 aliphatic rings. The number of carbonyl (C=O) groups excluding carboxylic acids is 3. The van der Waals surface area contributed by atoms with E-state index < -0.39 is 6.10 Å². The van der Waals surface area contributed by atoms with Gasteiger partial charge in [0.1, 0.15) is 13.2 Å². The second-order valence-electron chi connectivity index (χ2n) is 20.2. The molecule has 0 aliphatic heterocycles. The lowest BCUT2D eigenvalue weighted by molar-refractivity contribution is -0.167. The molecule has 0 radical (unpaired) electrons. The van der Waals surface area contributed by atoms with Crippen LogP contribution in [0.4, 0.5) is 0 Å². The molecule has 0 aromatic carbocycles. The molecule has 0 saturated heterocycles. The molecule has 0 bridgehead atoms. The fourth-order valence-corrected chi connectivity index (χ4v) is 8.42. The van der Waals surface area contributed by atoms with Gasteiger partial charge in [0.2, 0.25) is 0 Å². The van der Waals surface area contributed by atoms with Gasteiger partial charge < -0.3 is 14.2 Å². The van der Waals surface area contributed by atoms with Gasteiger partial charge in [-0.2, -0.15) is 0 Å². The predicted octanol–water partition coefficient (Wildman–Crippen LogP) is 21.0.